The summed E-state index contributed by atoms with van der Waals surface area (Å²) in [4.78, 5) is 32.9. The largest absolute Gasteiger partial charge is 0.467 e. The Kier molecular flexibility index (Phi) is 4.17. The number of fused-ring (bicyclic) bond motifs is 3. The highest BCUT2D eigenvalue weighted by molar-refractivity contribution is 7.18. The summed E-state index contributed by atoms with van der Waals surface area (Å²) < 4.78 is 12.4. The molecule has 0 radical (unpaired) electrons. The lowest BCUT2D eigenvalue weighted by atomic mass is 10.1. The second-order valence-electron chi connectivity index (χ2n) is 7.71. The molecule has 0 fully saturated rings. The minimum absolute atomic E-state index is 0.140. The zero-order valence-corrected chi connectivity index (χ0v) is 17.3. The van der Waals surface area contributed by atoms with Crippen LogP contribution in [0.25, 0.3) is 10.2 Å². The number of carbonyl (C=O) groups excluding carboxylic acids is 1. The zero-order valence-electron chi connectivity index (χ0n) is 16.5. The minimum atomic E-state index is -0.389. The predicted molar refractivity (Wildman–Crippen MR) is 114 cm³/mol. The van der Waals surface area contributed by atoms with Crippen LogP contribution in [0.5, 0.6) is 0 Å². The number of amides is 1. The fourth-order valence-electron chi connectivity index (χ4n) is 4.38. The van der Waals surface area contributed by atoms with Crippen molar-refractivity contribution in [2.24, 2.45) is 5.10 Å². The van der Waals surface area contributed by atoms with Crippen molar-refractivity contribution in [1.82, 2.24) is 14.6 Å². The van der Waals surface area contributed by atoms with Gasteiger partial charge in [0.15, 0.2) is 0 Å². The van der Waals surface area contributed by atoms with E-state index in [1.165, 1.54) is 20.8 Å². The van der Waals surface area contributed by atoms with Crippen LogP contribution >= 0.6 is 11.3 Å². The van der Waals surface area contributed by atoms with Gasteiger partial charge in [0, 0.05) is 11.3 Å². The quantitative estimate of drug-likeness (QED) is 0.490. The van der Waals surface area contributed by atoms with E-state index in [1.54, 1.807) is 36.0 Å². The van der Waals surface area contributed by atoms with Crippen molar-refractivity contribution < 1.29 is 13.6 Å². The third kappa shape index (κ3) is 2.96. The number of aryl methyl sites for hydroxylation is 2. The minimum Gasteiger partial charge on any atom is -0.467 e. The monoisotopic (exact) mass is 434 g/mol. The Hall–Kier alpha value is -3.46. The molecule has 0 spiro atoms. The Bertz CT molecular complexity index is 1360. The maximum Gasteiger partial charge on any atom is 0.263 e. The number of hydrogen-bond acceptors (Lipinski definition) is 7. The molecule has 1 aliphatic carbocycles. The van der Waals surface area contributed by atoms with E-state index < -0.39 is 0 Å². The fraction of sp³-hybridized carbons (Fsp3) is 0.273. The van der Waals surface area contributed by atoms with Crippen LogP contribution in [-0.2, 0) is 24.2 Å². The topological polar surface area (TPSA) is 93.8 Å². The molecule has 4 aromatic rings. The summed E-state index contributed by atoms with van der Waals surface area (Å²) in [6.45, 7) is -0.140. The SMILES string of the molecule is O=C(Cn1cnc2sc3c(c2c1=O)CCC3)N1N=C(c2ccco2)C[C@H]1c1ccco1. The highest BCUT2D eigenvalue weighted by Gasteiger charge is 2.36. The lowest BCUT2D eigenvalue weighted by Crippen LogP contribution is -2.34. The Balaban J connectivity index is 1.35. The van der Waals surface area contributed by atoms with Crippen LogP contribution in [0.1, 0.15) is 40.8 Å². The first kappa shape index (κ1) is 18.3. The molecule has 1 aliphatic heterocycles. The van der Waals surface area contributed by atoms with Crippen LogP contribution in [0.3, 0.4) is 0 Å². The summed E-state index contributed by atoms with van der Waals surface area (Å²) in [7, 11) is 0. The Morgan fingerprint density at radius 3 is 2.87 bits per heavy atom. The first-order chi connectivity index (χ1) is 15.2. The van der Waals surface area contributed by atoms with E-state index in [9.17, 15) is 9.59 Å². The van der Waals surface area contributed by atoms with Gasteiger partial charge in [0.1, 0.15) is 34.6 Å². The van der Waals surface area contributed by atoms with E-state index in [1.807, 2.05) is 12.1 Å². The number of aromatic nitrogens is 2. The first-order valence-electron chi connectivity index (χ1n) is 10.2. The highest BCUT2D eigenvalue weighted by Crippen LogP contribution is 2.35. The molecule has 8 nitrogen and oxygen atoms in total. The van der Waals surface area contributed by atoms with Gasteiger partial charge in [0.2, 0.25) is 0 Å². The van der Waals surface area contributed by atoms with Gasteiger partial charge in [-0.05, 0) is 49.1 Å². The molecule has 1 atom stereocenters. The van der Waals surface area contributed by atoms with Crippen LogP contribution in [0.2, 0.25) is 0 Å². The maximum atomic E-state index is 13.3. The zero-order chi connectivity index (χ0) is 20.9. The molecule has 2 aliphatic rings. The van der Waals surface area contributed by atoms with Crippen LogP contribution in [0.15, 0.2) is 61.8 Å². The van der Waals surface area contributed by atoms with E-state index in [0.717, 1.165) is 29.7 Å². The average Bonchev–Trinajstić information content (AvgIpc) is 3.57. The number of hydrazone groups is 1. The van der Waals surface area contributed by atoms with Crippen molar-refractivity contribution >= 4 is 33.2 Å². The predicted octanol–water partition coefficient (Wildman–Crippen LogP) is 3.51. The molecular formula is C22H18N4O4S. The highest BCUT2D eigenvalue weighted by atomic mass is 32.1. The molecular weight excluding hydrogens is 416 g/mol. The van der Waals surface area contributed by atoms with Gasteiger partial charge >= 0.3 is 0 Å². The first-order valence-corrected chi connectivity index (χ1v) is 11.0. The molecule has 31 heavy (non-hydrogen) atoms. The fourth-order valence-corrected chi connectivity index (χ4v) is 5.60. The third-order valence-electron chi connectivity index (χ3n) is 5.84. The summed E-state index contributed by atoms with van der Waals surface area (Å²) in [5.41, 5.74) is 1.60. The number of rotatable bonds is 4. The molecule has 156 valence electrons. The Morgan fingerprint density at radius 1 is 1.19 bits per heavy atom. The summed E-state index contributed by atoms with van der Waals surface area (Å²) in [5, 5.41) is 6.57. The van der Waals surface area contributed by atoms with Crippen molar-refractivity contribution in [3.05, 3.63) is 75.4 Å². The van der Waals surface area contributed by atoms with Crippen molar-refractivity contribution in [1.29, 1.82) is 0 Å². The van der Waals surface area contributed by atoms with Crippen molar-refractivity contribution in [2.45, 2.75) is 38.3 Å². The standard InChI is InChI=1S/C22H18N4O4S/c27-19(11-25-12-23-21-20(22(25)28)13-4-1-7-18(13)31-21)26-15(17-6-3-9-30-17)10-14(24-26)16-5-2-8-29-16/h2-3,5-6,8-9,12,15H,1,4,7,10-11H2/t15-/m0/s1. The van der Waals surface area contributed by atoms with E-state index in [4.69, 9.17) is 8.83 Å². The van der Waals surface area contributed by atoms with Crippen molar-refractivity contribution in [2.75, 3.05) is 0 Å². The van der Waals surface area contributed by atoms with E-state index in [0.29, 0.717) is 29.0 Å². The van der Waals surface area contributed by atoms with Crippen molar-refractivity contribution in [3.63, 3.8) is 0 Å². The Morgan fingerprint density at radius 2 is 2.06 bits per heavy atom. The lowest BCUT2D eigenvalue weighted by molar-refractivity contribution is -0.134. The van der Waals surface area contributed by atoms with E-state index in [2.05, 4.69) is 10.1 Å². The van der Waals surface area contributed by atoms with E-state index in [-0.39, 0.29) is 24.1 Å². The van der Waals surface area contributed by atoms with Crippen LogP contribution in [0.4, 0.5) is 0 Å². The Labute approximate surface area is 180 Å². The van der Waals surface area contributed by atoms with Gasteiger partial charge in [0.05, 0.1) is 24.2 Å². The molecule has 5 heterocycles. The lowest BCUT2D eigenvalue weighted by Gasteiger charge is -2.20. The van der Waals surface area contributed by atoms with Crippen LogP contribution in [-0.4, -0.2) is 26.2 Å². The number of nitrogens with zero attached hydrogens (tertiary/aromatic N) is 4. The number of thiophene rings is 1. The molecule has 0 saturated carbocycles. The van der Waals surface area contributed by atoms with Gasteiger partial charge in [-0.15, -0.1) is 11.3 Å². The molecule has 0 unspecified atom stereocenters. The summed E-state index contributed by atoms with van der Waals surface area (Å²) in [6, 6.07) is 6.80. The maximum absolute atomic E-state index is 13.3. The summed E-state index contributed by atoms with van der Waals surface area (Å²) in [6.07, 6.45) is 8.03. The smallest absolute Gasteiger partial charge is 0.263 e. The van der Waals surface area contributed by atoms with Crippen LogP contribution in [0, 0.1) is 0 Å². The van der Waals surface area contributed by atoms with Gasteiger partial charge in [-0.2, -0.15) is 5.10 Å². The number of hydrogen-bond donors (Lipinski definition) is 0. The van der Waals surface area contributed by atoms with Crippen LogP contribution < -0.4 is 5.56 Å². The van der Waals surface area contributed by atoms with Crippen molar-refractivity contribution in [3.8, 4) is 0 Å². The number of carbonyl (C=O) groups is 1. The molecule has 4 aromatic heterocycles. The summed E-state index contributed by atoms with van der Waals surface area (Å²) >= 11 is 1.59. The third-order valence-corrected chi connectivity index (χ3v) is 7.04. The molecule has 1 amide bonds. The molecule has 0 N–H and O–H groups in total. The van der Waals surface area contributed by atoms with Gasteiger partial charge < -0.3 is 8.83 Å². The van der Waals surface area contributed by atoms with Gasteiger partial charge in [0.25, 0.3) is 11.5 Å². The molecule has 0 bridgehead atoms. The van der Waals surface area contributed by atoms with Gasteiger partial charge in [-0.25, -0.2) is 9.99 Å². The molecule has 9 heteroatoms. The summed E-state index contributed by atoms with van der Waals surface area (Å²) in [5.74, 6) is 0.939. The molecule has 0 saturated heterocycles. The second-order valence-corrected chi connectivity index (χ2v) is 8.80. The second kappa shape index (κ2) is 7.05. The normalized spacial score (nSPS) is 18.0. The molecule has 0 aromatic carbocycles. The van der Waals surface area contributed by atoms with Gasteiger partial charge in [-0.1, -0.05) is 0 Å². The average molecular weight is 434 g/mol. The molecule has 6 rings (SSSR count). The van der Waals surface area contributed by atoms with E-state index >= 15 is 0 Å². The number of furan rings is 2. The van der Waals surface area contributed by atoms with Gasteiger partial charge in [-0.3, -0.25) is 14.2 Å².